The normalized spacial score (nSPS) is 20.3. The average Bonchev–Trinajstić information content (AvgIpc) is 2.79. The third kappa shape index (κ3) is 4.11. The summed E-state index contributed by atoms with van der Waals surface area (Å²) in [7, 11) is 0. The van der Waals surface area contributed by atoms with E-state index in [4.69, 9.17) is 4.74 Å². The van der Waals surface area contributed by atoms with E-state index in [1.807, 2.05) is 30.3 Å². The van der Waals surface area contributed by atoms with E-state index in [9.17, 15) is 23.2 Å². The maximum Gasteiger partial charge on any atom is 0.338 e. The van der Waals surface area contributed by atoms with Gasteiger partial charge in [0.15, 0.2) is 0 Å². The van der Waals surface area contributed by atoms with Gasteiger partial charge in [0.2, 0.25) is 5.82 Å². The first-order chi connectivity index (χ1) is 15.0. The molecular formula is C23H20F2N2O4. The van der Waals surface area contributed by atoms with Gasteiger partial charge in [0, 0.05) is 11.5 Å². The number of alkyl halides is 1. The van der Waals surface area contributed by atoms with Crippen LogP contribution in [0.25, 0.3) is 0 Å². The number of halogens is 2. The molecule has 0 saturated heterocycles. The summed E-state index contributed by atoms with van der Waals surface area (Å²) in [5.41, 5.74) is -1.40. The molecule has 1 aromatic heterocycles. The molecule has 0 amide bonds. The maximum absolute atomic E-state index is 14.8. The number of hydrogen-bond acceptors (Lipinski definition) is 4. The van der Waals surface area contributed by atoms with Crippen LogP contribution in [0.1, 0.15) is 28.4 Å². The summed E-state index contributed by atoms with van der Waals surface area (Å²) in [6.07, 6.45) is -0.559. The first-order valence-electron chi connectivity index (χ1n) is 9.86. The van der Waals surface area contributed by atoms with Crippen molar-refractivity contribution in [2.45, 2.75) is 25.2 Å². The Hall–Kier alpha value is -3.39. The molecule has 0 bridgehead atoms. The van der Waals surface area contributed by atoms with Crippen LogP contribution in [0.4, 0.5) is 8.78 Å². The fraction of sp³-hybridized carbons (Fsp3) is 0.261. The molecule has 0 aliphatic heterocycles. The third-order valence-corrected chi connectivity index (χ3v) is 5.46. The van der Waals surface area contributed by atoms with Crippen molar-refractivity contribution in [1.29, 1.82) is 0 Å². The summed E-state index contributed by atoms with van der Waals surface area (Å²) in [6, 6.07) is 16.0. The van der Waals surface area contributed by atoms with Crippen molar-refractivity contribution < 1.29 is 18.3 Å². The Kier molecular flexibility index (Phi) is 5.90. The van der Waals surface area contributed by atoms with Crippen LogP contribution < -0.4 is 11.2 Å². The minimum atomic E-state index is -1.47. The molecule has 3 aromatic rings. The third-order valence-electron chi connectivity index (χ3n) is 5.46. The SMILES string of the molecule is O=C(c1ccccc1)n1c(=O)c(F)cn([C@@H]2C[C@H](COCc3ccccc3)C2F)c1=O. The molecule has 1 unspecified atom stereocenters. The number of hydrogen-bond donors (Lipinski definition) is 0. The second-order valence-corrected chi connectivity index (χ2v) is 7.49. The summed E-state index contributed by atoms with van der Waals surface area (Å²) in [6.45, 7) is 0.478. The number of aromatic nitrogens is 2. The zero-order valence-electron chi connectivity index (χ0n) is 16.5. The molecule has 1 aliphatic carbocycles. The van der Waals surface area contributed by atoms with Gasteiger partial charge in [0.1, 0.15) is 6.17 Å². The van der Waals surface area contributed by atoms with E-state index in [-0.39, 0.29) is 23.2 Å². The summed E-state index contributed by atoms with van der Waals surface area (Å²) < 4.78 is 35.6. The molecule has 6 nitrogen and oxygen atoms in total. The van der Waals surface area contributed by atoms with Gasteiger partial charge in [-0.25, -0.2) is 9.18 Å². The Morgan fingerprint density at radius 1 is 1.03 bits per heavy atom. The molecule has 0 N–H and O–H groups in total. The van der Waals surface area contributed by atoms with Crippen molar-refractivity contribution in [3.05, 3.63) is 105 Å². The van der Waals surface area contributed by atoms with Gasteiger partial charge in [-0.1, -0.05) is 48.5 Å². The van der Waals surface area contributed by atoms with E-state index in [0.29, 0.717) is 12.8 Å². The number of nitrogens with zero attached hydrogens (tertiary/aromatic N) is 2. The largest absolute Gasteiger partial charge is 0.376 e. The zero-order valence-corrected chi connectivity index (χ0v) is 16.5. The van der Waals surface area contributed by atoms with E-state index in [1.165, 1.54) is 12.1 Å². The zero-order chi connectivity index (χ0) is 22.0. The summed E-state index contributed by atoms with van der Waals surface area (Å²) in [4.78, 5) is 37.5. The van der Waals surface area contributed by atoms with Gasteiger partial charge in [-0.2, -0.15) is 8.96 Å². The molecule has 4 rings (SSSR count). The number of ether oxygens (including phenoxy) is 1. The topological polar surface area (TPSA) is 70.3 Å². The maximum atomic E-state index is 14.8. The summed E-state index contributed by atoms with van der Waals surface area (Å²) in [5, 5.41) is 0. The van der Waals surface area contributed by atoms with Gasteiger partial charge >= 0.3 is 5.69 Å². The van der Waals surface area contributed by atoms with Crippen molar-refractivity contribution in [3.8, 4) is 0 Å². The quantitative estimate of drug-likeness (QED) is 0.608. The average molecular weight is 426 g/mol. The Morgan fingerprint density at radius 2 is 1.68 bits per heavy atom. The molecule has 1 fully saturated rings. The van der Waals surface area contributed by atoms with Crippen molar-refractivity contribution in [1.82, 2.24) is 9.13 Å². The lowest BCUT2D eigenvalue weighted by Gasteiger charge is -2.40. The molecule has 160 valence electrons. The highest BCUT2D eigenvalue weighted by atomic mass is 19.1. The molecule has 8 heteroatoms. The van der Waals surface area contributed by atoms with Gasteiger partial charge in [-0.15, -0.1) is 0 Å². The predicted octanol–water partition coefficient (Wildman–Crippen LogP) is 2.95. The first-order valence-corrected chi connectivity index (χ1v) is 9.86. The van der Waals surface area contributed by atoms with Crippen LogP contribution in [0, 0.1) is 11.7 Å². The second-order valence-electron chi connectivity index (χ2n) is 7.49. The van der Waals surface area contributed by atoms with Crippen LogP contribution in [0.2, 0.25) is 0 Å². The molecule has 31 heavy (non-hydrogen) atoms. The van der Waals surface area contributed by atoms with Crippen LogP contribution in [-0.4, -0.2) is 27.8 Å². The standard InChI is InChI=1S/C23H20F2N2O4/c24-18-12-26(23(30)27(22(18)29)21(28)16-9-5-2-6-10-16)19-11-17(20(19)25)14-31-13-15-7-3-1-4-8-15/h1-10,12,17,19-20H,11,13-14H2/t17-,19-,20?/m1/s1. The van der Waals surface area contributed by atoms with Crippen molar-refractivity contribution in [2.75, 3.05) is 6.61 Å². The molecule has 0 radical (unpaired) electrons. The monoisotopic (exact) mass is 426 g/mol. The van der Waals surface area contributed by atoms with E-state index >= 15 is 0 Å². The molecule has 0 spiro atoms. The summed E-state index contributed by atoms with van der Waals surface area (Å²) in [5.74, 6) is -2.71. The predicted molar refractivity (Wildman–Crippen MR) is 109 cm³/mol. The smallest absolute Gasteiger partial charge is 0.338 e. The number of benzene rings is 2. The molecule has 1 saturated carbocycles. The van der Waals surface area contributed by atoms with Crippen LogP contribution in [0.15, 0.2) is 76.4 Å². The second kappa shape index (κ2) is 8.77. The molecule has 2 aromatic carbocycles. The van der Waals surface area contributed by atoms with E-state index in [1.54, 1.807) is 18.2 Å². The van der Waals surface area contributed by atoms with Gasteiger partial charge < -0.3 is 4.74 Å². The van der Waals surface area contributed by atoms with E-state index in [0.717, 1.165) is 10.1 Å². The highest BCUT2D eigenvalue weighted by molar-refractivity contribution is 5.95. The molecule has 1 heterocycles. The highest BCUT2D eigenvalue weighted by Crippen LogP contribution is 2.40. The number of carbonyl (C=O) groups is 1. The fourth-order valence-corrected chi connectivity index (χ4v) is 3.69. The Balaban J connectivity index is 1.50. The van der Waals surface area contributed by atoms with Gasteiger partial charge in [-0.05, 0) is 24.1 Å². The number of rotatable bonds is 6. The fourth-order valence-electron chi connectivity index (χ4n) is 3.69. The van der Waals surface area contributed by atoms with Crippen LogP contribution >= 0.6 is 0 Å². The van der Waals surface area contributed by atoms with Gasteiger partial charge in [0.05, 0.1) is 25.5 Å². The Morgan fingerprint density at radius 3 is 2.32 bits per heavy atom. The van der Waals surface area contributed by atoms with Gasteiger partial charge in [-0.3, -0.25) is 14.2 Å². The molecule has 1 aliphatic rings. The first kappa shape index (κ1) is 20.9. The van der Waals surface area contributed by atoms with Crippen LogP contribution in [0.3, 0.4) is 0 Å². The van der Waals surface area contributed by atoms with Gasteiger partial charge in [0.25, 0.3) is 11.5 Å². The van der Waals surface area contributed by atoms with Crippen LogP contribution in [0.5, 0.6) is 0 Å². The van der Waals surface area contributed by atoms with Crippen molar-refractivity contribution in [2.24, 2.45) is 5.92 Å². The van der Waals surface area contributed by atoms with Crippen LogP contribution in [-0.2, 0) is 11.3 Å². The van der Waals surface area contributed by atoms with Crippen molar-refractivity contribution >= 4 is 5.91 Å². The van der Waals surface area contributed by atoms with Crippen molar-refractivity contribution in [3.63, 3.8) is 0 Å². The number of carbonyl (C=O) groups excluding carboxylic acids is 1. The molecule has 3 atom stereocenters. The highest BCUT2D eigenvalue weighted by Gasteiger charge is 2.44. The lowest BCUT2D eigenvalue weighted by Crippen LogP contribution is -2.51. The summed E-state index contributed by atoms with van der Waals surface area (Å²) >= 11 is 0. The minimum Gasteiger partial charge on any atom is -0.376 e. The minimum absolute atomic E-state index is 0.0523. The lowest BCUT2D eigenvalue weighted by molar-refractivity contribution is -0.0321. The Bertz CT molecular complexity index is 1190. The lowest BCUT2D eigenvalue weighted by atomic mass is 9.78. The molecular weight excluding hydrogens is 406 g/mol. The van der Waals surface area contributed by atoms with E-state index in [2.05, 4.69) is 0 Å². The Labute approximate surface area is 176 Å². The van der Waals surface area contributed by atoms with E-state index < -0.39 is 41.1 Å².